The average Bonchev–Trinajstić information content (AvgIpc) is 2.50. The predicted octanol–water partition coefficient (Wildman–Crippen LogP) is 3.35. The number of carbonyl (C=O) groups is 1. The lowest BCUT2D eigenvalue weighted by atomic mass is 10.1. The quantitative estimate of drug-likeness (QED) is 0.810. The van der Waals surface area contributed by atoms with Gasteiger partial charge in [-0.25, -0.2) is 9.78 Å². The number of rotatable bonds is 4. The number of esters is 1. The molecular formula is C17H21N3O2. The highest BCUT2D eigenvalue weighted by atomic mass is 16.5. The van der Waals surface area contributed by atoms with E-state index in [0.29, 0.717) is 12.2 Å². The molecule has 0 aliphatic carbocycles. The van der Waals surface area contributed by atoms with E-state index in [-0.39, 0.29) is 5.97 Å². The van der Waals surface area contributed by atoms with Gasteiger partial charge >= 0.3 is 5.97 Å². The maximum absolute atomic E-state index is 12.1. The first kappa shape index (κ1) is 15.9. The summed E-state index contributed by atoms with van der Waals surface area (Å²) in [6.45, 7) is 7.92. The molecule has 0 N–H and O–H groups in total. The van der Waals surface area contributed by atoms with Crippen molar-refractivity contribution in [3.05, 3.63) is 46.9 Å². The highest BCUT2D eigenvalue weighted by Crippen LogP contribution is 2.28. The molecule has 2 rings (SSSR count). The van der Waals surface area contributed by atoms with Crippen LogP contribution in [0, 0.1) is 20.8 Å². The van der Waals surface area contributed by atoms with Crippen LogP contribution in [0.2, 0.25) is 0 Å². The molecule has 116 valence electrons. The van der Waals surface area contributed by atoms with Gasteiger partial charge in [-0.1, -0.05) is 12.1 Å². The van der Waals surface area contributed by atoms with Gasteiger partial charge in [-0.3, -0.25) is 4.98 Å². The van der Waals surface area contributed by atoms with Crippen molar-refractivity contribution in [2.24, 2.45) is 0 Å². The lowest BCUT2D eigenvalue weighted by Gasteiger charge is -2.22. The Kier molecular flexibility index (Phi) is 4.75. The number of benzene rings is 1. The van der Waals surface area contributed by atoms with Crippen molar-refractivity contribution >= 4 is 17.5 Å². The van der Waals surface area contributed by atoms with Gasteiger partial charge in [0.05, 0.1) is 34.9 Å². The standard InChI is InChI=1S/C17H21N3O2/c1-6-22-17(21)14-9-7-8-10-15(14)20(5)16-13(4)18-11(2)12(3)19-16/h7-10H,6H2,1-5H3. The number of anilines is 2. The summed E-state index contributed by atoms with van der Waals surface area (Å²) in [5.74, 6) is 0.402. The van der Waals surface area contributed by atoms with Crippen LogP contribution in [0.25, 0.3) is 0 Å². The highest BCUT2D eigenvalue weighted by molar-refractivity contribution is 5.96. The van der Waals surface area contributed by atoms with Crippen molar-refractivity contribution in [3.8, 4) is 0 Å². The molecule has 0 amide bonds. The van der Waals surface area contributed by atoms with E-state index in [4.69, 9.17) is 4.74 Å². The molecule has 1 aromatic carbocycles. The summed E-state index contributed by atoms with van der Waals surface area (Å²) in [6, 6.07) is 7.34. The number of aromatic nitrogens is 2. The topological polar surface area (TPSA) is 55.3 Å². The summed E-state index contributed by atoms with van der Waals surface area (Å²) in [5, 5.41) is 0. The van der Waals surface area contributed by atoms with Crippen LogP contribution in [0.15, 0.2) is 24.3 Å². The molecule has 0 fully saturated rings. The lowest BCUT2D eigenvalue weighted by Crippen LogP contribution is -2.18. The van der Waals surface area contributed by atoms with Gasteiger partial charge in [0.15, 0.2) is 5.82 Å². The molecule has 0 aliphatic heterocycles. The summed E-state index contributed by atoms with van der Waals surface area (Å²) < 4.78 is 5.13. The summed E-state index contributed by atoms with van der Waals surface area (Å²) in [7, 11) is 1.88. The van der Waals surface area contributed by atoms with Gasteiger partial charge in [0.1, 0.15) is 0 Å². The van der Waals surface area contributed by atoms with Gasteiger partial charge in [0, 0.05) is 7.05 Å². The molecule has 2 aromatic rings. The summed E-state index contributed by atoms with van der Waals surface area (Å²) in [5.41, 5.74) is 3.88. The first-order valence-electron chi connectivity index (χ1n) is 7.27. The van der Waals surface area contributed by atoms with E-state index in [0.717, 1.165) is 28.6 Å². The number of hydrogen-bond donors (Lipinski definition) is 0. The molecule has 0 aliphatic rings. The lowest BCUT2D eigenvalue weighted by molar-refractivity contribution is 0.0527. The Bertz CT molecular complexity index is 698. The van der Waals surface area contributed by atoms with Crippen LogP contribution in [0.1, 0.15) is 34.4 Å². The number of nitrogens with zero attached hydrogens (tertiary/aromatic N) is 3. The van der Waals surface area contributed by atoms with Gasteiger partial charge in [-0.05, 0) is 39.8 Å². The maximum atomic E-state index is 12.1. The van der Waals surface area contributed by atoms with Crippen molar-refractivity contribution in [2.45, 2.75) is 27.7 Å². The van der Waals surface area contributed by atoms with E-state index in [1.807, 2.05) is 50.9 Å². The number of hydrogen-bond acceptors (Lipinski definition) is 5. The predicted molar refractivity (Wildman–Crippen MR) is 86.7 cm³/mol. The van der Waals surface area contributed by atoms with Gasteiger partial charge < -0.3 is 9.64 Å². The molecule has 1 aromatic heterocycles. The molecule has 0 atom stereocenters. The number of ether oxygens (including phenoxy) is 1. The Morgan fingerprint density at radius 2 is 1.73 bits per heavy atom. The minimum atomic E-state index is -0.334. The van der Waals surface area contributed by atoms with E-state index in [1.54, 1.807) is 13.0 Å². The summed E-state index contributed by atoms with van der Waals surface area (Å²) in [6.07, 6.45) is 0. The SMILES string of the molecule is CCOC(=O)c1ccccc1N(C)c1nc(C)c(C)nc1C. The van der Waals surface area contributed by atoms with Gasteiger partial charge in [0.2, 0.25) is 0 Å². The van der Waals surface area contributed by atoms with Crippen molar-refractivity contribution in [1.82, 2.24) is 9.97 Å². The Labute approximate surface area is 131 Å². The zero-order valence-corrected chi connectivity index (χ0v) is 13.7. The van der Waals surface area contributed by atoms with Crippen LogP contribution in [0.5, 0.6) is 0 Å². The monoisotopic (exact) mass is 299 g/mol. The van der Waals surface area contributed by atoms with Crippen LogP contribution < -0.4 is 4.90 Å². The second kappa shape index (κ2) is 6.56. The molecule has 1 heterocycles. The first-order valence-corrected chi connectivity index (χ1v) is 7.27. The third-order valence-electron chi connectivity index (χ3n) is 3.53. The van der Waals surface area contributed by atoms with E-state index in [1.165, 1.54) is 0 Å². The van der Waals surface area contributed by atoms with Crippen LogP contribution in [0.4, 0.5) is 11.5 Å². The van der Waals surface area contributed by atoms with Gasteiger partial charge in [-0.2, -0.15) is 0 Å². The molecule has 0 bridgehead atoms. The van der Waals surface area contributed by atoms with E-state index < -0.39 is 0 Å². The molecule has 0 radical (unpaired) electrons. The van der Waals surface area contributed by atoms with Crippen LogP contribution in [0.3, 0.4) is 0 Å². The largest absolute Gasteiger partial charge is 0.462 e. The van der Waals surface area contributed by atoms with Crippen LogP contribution in [-0.2, 0) is 4.74 Å². The van der Waals surface area contributed by atoms with Crippen molar-refractivity contribution in [3.63, 3.8) is 0 Å². The fourth-order valence-corrected chi connectivity index (χ4v) is 2.28. The van der Waals surface area contributed by atoms with Crippen molar-refractivity contribution in [2.75, 3.05) is 18.6 Å². The average molecular weight is 299 g/mol. The summed E-state index contributed by atoms with van der Waals surface area (Å²) >= 11 is 0. The van der Waals surface area contributed by atoms with Crippen molar-refractivity contribution in [1.29, 1.82) is 0 Å². The number of para-hydroxylation sites is 1. The van der Waals surface area contributed by atoms with Gasteiger partial charge in [-0.15, -0.1) is 0 Å². The van der Waals surface area contributed by atoms with Crippen LogP contribution >= 0.6 is 0 Å². The summed E-state index contributed by atoms with van der Waals surface area (Å²) in [4.78, 5) is 23.1. The Morgan fingerprint density at radius 3 is 2.41 bits per heavy atom. The third kappa shape index (κ3) is 3.08. The zero-order valence-electron chi connectivity index (χ0n) is 13.7. The Hall–Kier alpha value is -2.43. The minimum Gasteiger partial charge on any atom is -0.462 e. The first-order chi connectivity index (χ1) is 10.5. The second-order valence-corrected chi connectivity index (χ2v) is 5.10. The smallest absolute Gasteiger partial charge is 0.340 e. The van der Waals surface area contributed by atoms with E-state index >= 15 is 0 Å². The van der Waals surface area contributed by atoms with E-state index in [2.05, 4.69) is 9.97 Å². The Morgan fingerprint density at radius 1 is 1.09 bits per heavy atom. The molecule has 0 spiro atoms. The highest BCUT2D eigenvalue weighted by Gasteiger charge is 2.18. The molecule has 5 nitrogen and oxygen atoms in total. The third-order valence-corrected chi connectivity index (χ3v) is 3.53. The second-order valence-electron chi connectivity index (χ2n) is 5.10. The molecule has 0 unspecified atom stereocenters. The van der Waals surface area contributed by atoms with Gasteiger partial charge in [0.25, 0.3) is 0 Å². The molecule has 0 saturated carbocycles. The molecule has 0 saturated heterocycles. The molecule has 5 heteroatoms. The van der Waals surface area contributed by atoms with Crippen molar-refractivity contribution < 1.29 is 9.53 Å². The molecular weight excluding hydrogens is 278 g/mol. The maximum Gasteiger partial charge on any atom is 0.340 e. The fraction of sp³-hybridized carbons (Fsp3) is 0.353. The number of carbonyl (C=O) groups excluding carboxylic acids is 1. The normalized spacial score (nSPS) is 10.4. The fourth-order valence-electron chi connectivity index (χ4n) is 2.28. The molecule has 22 heavy (non-hydrogen) atoms. The van der Waals surface area contributed by atoms with Crippen LogP contribution in [-0.4, -0.2) is 29.6 Å². The zero-order chi connectivity index (χ0) is 16.3. The minimum absolute atomic E-state index is 0.334. The number of aryl methyl sites for hydroxylation is 3. The Balaban J connectivity index is 2.48. The van der Waals surface area contributed by atoms with E-state index in [9.17, 15) is 4.79 Å².